The number of hydrogen-bond donors (Lipinski definition) is 1. The van der Waals surface area contributed by atoms with Gasteiger partial charge in [-0.1, -0.05) is 40.5 Å². The summed E-state index contributed by atoms with van der Waals surface area (Å²) in [6.07, 6.45) is 5.10. The van der Waals surface area contributed by atoms with Gasteiger partial charge in [0.25, 0.3) is 0 Å². The van der Waals surface area contributed by atoms with Gasteiger partial charge in [0.05, 0.1) is 5.69 Å². The molecule has 1 N–H and O–H groups in total. The maximum atomic E-state index is 4.86. The smallest absolute Gasteiger partial charge is 0.111 e. The minimum Gasteiger partial charge on any atom is -0.331 e. The fourth-order valence-corrected chi connectivity index (χ4v) is 2.90. The van der Waals surface area contributed by atoms with Crippen LogP contribution in [0.15, 0.2) is 0 Å². The zero-order valence-corrected chi connectivity index (χ0v) is 13.0. The van der Waals surface area contributed by atoms with Crippen molar-refractivity contribution < 1.29 is 0 Å². The van der Waals surface area contributed by atoms with Gasteiger partial charge in [-0.25, -0.2) is 4.98 Å². The summed E-state index contributed by atoms with van der Waals surface area (Å²) in [5, 5.41) is 3.43. The second kappa shape index (κ2) is 6.56. The zero-order valence-electron chi connectivity index (χ0n) is 13.0. The Balaban J connectivity index is 2.06. The van der Waals surface area contributed by atoms with Crippen LogP contribution in [0.3, 0.4) is 0 Å². The van der Waals surface area contributed by atoms with E-state index in [9.17, 15) is 0 Å². The fraction of sp³-hybridized carbons (Fsp3) is 0.812. The van der Waals surface area contributed by atoms with Gasteiger partial charge in [-0.3, -0.25) is 0 Å². The molecule has 0 atom stereocenters. The van der Waals surface area contributed by atoms with Gasteiger partial charge in [0.15, 0.2) is 0 Å². The van der Waals surface area contributed by atoms with Crippen LogP contribution >= 0.6 is 0 Å². The Morgan fingerprint density at radius 3 is 2.68 bits per heavy atom. The highest BCUT2D eigenvalue weighted by Gasteiger charge is 2.20. The molecule has 0 aliphatic carbocycles. The second-order valence-corrected chi connectivity index (χ2v) is 6.49. The Morgan fingerprint density at radius 1 is 1.21 bits per heavy atom. The number of nitrogens with zero attached hydrogens (tertiary/aromatic N) is 2. The molecule has 0 aromatic carbocycles. The lowest BCUT2D eigenvalue weighted by atomic mass is 10.1. The molecule has 2 rings (SSSR count). The molecule has 0 amide bonds. The van der Waals surface area contributed by atoms with E-state index in [0.29, 0.717) is 5.92 Å². The molecule has 108 valence electrons. The molecule has 3 heteroatoms. The van der Waals surface area contributed by atoms with Crippen LogP contribution in [0.2, 0.25) is 0 Å². The quantitative estimate of drug-likeness (QED) is 0.796. The van der Waals surface area contributed by atoms with Crippen molar-refractivity contribution in [2.24, 2.45) is 5.92 Å². The standard InChI is InChI=1S/C16H29N3/c1-12(2)7-5-6-10-19-15-8-9-17-11-14(15)18-16(19)13(3)4/h12-13,17H,5-11H2,1-4H3. The topological polar surface area (TPSA) is 29.9 Å². The Morgan fingerprint density at radius 2 is 2.00 bits per heavy atom. The highest BCUT2D eigenvalue weighted by molar-refractivity contribution is 5.21. The van der Waals surface area contributed by atoms with E-state index in [1.807, 2.05) is 0 Å². The monoisotopic (exact) mass is 263 g/mol. The predicted octanol–water partition coefficient (Wildman–Crippen LogP) is 3.48. The van der Waals surface area contributed by atoms with Crippen molar-refractivity contribution in [2.75, 3.05) is 6.54 Å². The molecule has 1 aromatic rings. The molecule has 19 heavy (non-hydrogen) atoms. The predicted molar refractivity (Wildman–Crippen MR) is 80.4 cm³/mol. The van der Waals surface area contributed by atoms with Crippen molar-refractivity contribution in [1.82, 2.24) is 14.9 Å². The van der Waals surface area contributed by atoms with Gasteiger partial charge in [0, 0.05) is 37.7 Å². The van der Waals surface area contributed by atoms with Crippen molar-refractivity contribution >= 4 is 0 Å². The first-order valence-electron chi connectivity index (χ1n) is 7.88. The first-order valence-corrected chi connectivity index (χ1v) is 7.88. The summed E-state index contributed by atoms with van der Waals surface area (Å²) in [4.78, 5) is 4.86. The minimum atomic E-state index is 0.524. The number of imidazole rings is 1. The van der Waals surface area contributed by atoms with E-state index < -0.39 is 0 Å². The van der Waals surface area contributed by atoms with Crippen LogP contribution in [0.25, 0.3) is 0 Å². The van der Waals surface area contributed by atoms with E-state index in [-0.39, 0.29) is 0 Å². The Labute approximate surface area is 117 Å². The average Bonchev–Trinajstić information content (AvgIpc) is 2.73. The van der Waals surface area contributed by atoms with Crippen LogP contribution < -0.4 is 5.32 Å². The maximum Gasteiger partial charge on any atom is 0.111 e. The lowest BCUT2D eigenvalue weighted by molar-refractivity contribution is 0.488. The van der Waals surface area contributed by atoms with Crippen molar-refractivity contribution in [3.05, 3.63) is 17.2 Å². The molecule has 0 unspecified atom stereocenters. The molecule has 3 nitrogen and oxygen atoms in total. The molecule has 0 saturated heterocycles. The van der Waals surface area contributed by atoms with Gasteiger partial charge in [-0.15, -0.1) is 0 Å². The highest BCUT2D eigenvalue weighted by Crippen LogP contribution is 2.22. The Hall–Kier alpha value is -0.830. The van der Waals surface area contributed by atoms with E-state index >= 15 is 0 Å². The average molecular weight is 263 g/mol. The molecule has 2 heterocycles. The van der Waals surface area contributed by atoms with Gasteiger partial charge in [-0.05, 0) is 12.3 Å². The first kappa shape index (κ1) is 14.6. The van der Waals surface area contributed by atoms with Crippen LogP contribution in [0.5, 0.6) is 0 Å². The summed E-state index contributed by atoms with van der Waals surface area (Å²) in [5.74, 6) is 2.64. The van der Waals surface area contributed by atoms with Gasteiger partial charge < -0.3 is 9.88 Å². The van der Waals surface area contributed by atoms with E-state index in [0.717, 1.165) is 32.0 Å². The summed E-state index contributed by atoms with van der Waals surface area (Å²) < 4.78 is 2.52. The molecule has 0 fully saturated rings. The summed E-state index contributed by atoms with van der Waals surface area (Å²) in [5.41, 5.74) is 2.78. The largest absolute Gasteiger partial charge is 0.331 e. The van der Waals surface area contributed by atoms with Gasteiger partial charge >= 0.3 is 0 Å². The number of rotatable bonds is 6. The third-order valence-electron chi connectivity index (χ3n) is 3.95. The lowest BCUT2D eigenvalue weighted by Crippen LogP contribution is -2.25. The molecule has 0 bridgehead atoms. The van der Waals surface area contributed by atoms with Crippen LogP contribution in [-0.4, -0.2) is 16.1 Å². The van der Waals surface area contributed by atoms with E-state index in [1.165, 1.54) is 36.5 Å². The van der Waals surface area contributed by atoms with Crippen LogP contribution in [0.1, 0.15) is 70.1 Å². The number of fused-ring (bicyclic) bond motifs is 1. The van der Waals surface area contributed by atoms with Crippen molar-refractivity contribution in [3.8, 4) is 0 Å². The number of nitrogens with one attached hydrogen (secondary N) is 1. The highest BCUT2D eigenvalue weighted by atomic mass is 15.1. The first-order chi connectivity index (χ1) is 9.09. The van der Waals surface area contributed by atoms with Gasteiger partial charge in [-0.2, -0.15) is 0 Å². The molecule has 0 saturated carbocycles. The van der Waals surface area contributed by atoms with E-state index in [1.54, 1.807) is 0 Å². The SMILES string of the molecule is CC(C)CCCCn1c(C(C)C)nc2c1CCNC2. The molecular weight excluding hydrogens is 234 g/mol. The van der Waals surface area contributed by atoms with Gasteiger partial charge in [0.2, 0.25) is 0 Å². The summed E-state index contributed by atoms with van der Waals surface area (Å²) in [7, 11) is 0. The van der Waals surface area contributed by atoms with Crippen LogP contribution in [0, 0.1) is 5.92 Å². The molecule has 0 spiro atoms. The van der Waals surface area contributed by atoms with Gasteiger partial charge in [0.1, 0.15) is 5.82 Å². The van der Waals surface area contributed by atoms with Crippen molar-refractivity contribution in [3.63, 3.8) is 0 Å². The second-order valence-electron chi connectivity index (χ2n) is 6.49. The molecule has 1 aromatic heterocycles. The fourth-order valence-electron chi connectivity index (χ4n) is 2.90. The van der Waals surface area contributed by atoms with Crippen molar-refractivity contribution in [2.45, 2.75) is 72.4 Å². The number of hydrogen-bond acceptors (Lipinski definition) is 2. The minimum absolute atomic E-state index is 0.524. The molecule has 1 aliphatic rings. The zero-order chi connectivity index (χ0) is 13.8. The van der Waals surface area contributed by atoms with Crippen LogP contribution in [0.4, 0.5) is 0 Å². The van der Waals surface area contributed by atoms with E-state index in [4.69, 9.17) is 4.98 Å². The summed E-state index contributed by atoms with van der Waals surface area (Å²) >= 11 is 0. The maximum absolute atomic E-state index is 4.86. The molecule has 1 aliphatic heterocycles. The van der Waals surface area contributed by atoms with Crippen LogP contribution in [-0.2, 0) is 19.5 Å². The van der Waals surface area contributed by atoms with Crippen molar-refractivity contribution in [1.29, 1.82) is 0 Å². The molecule has 0 radical (unpaired) electrons. The summed E-state index contributed by atoms with van der Waals surface area (Å²) in [6, 6.07) is 0. The molecular formula is C16H29N3. The third-order valence-corrected chi connectivity index (χ3v) is 3.95. The number of unbranched alkanes of at least 4 members (excludes halogenated alkanes) is 1. The Kier molecular flexibility index (Phi) is 5.03. The number of aromatic nitrogens is 2. The normalized spacial score (nSPS) is 15.3. The summed E-state index contributed by atoms with van der Waals surface area (Å²) in [6.45, 7) is 12.3. The lowest BCUT2D eigenvalue weighted by Gasteiger charge is -2.17. The third kappa shape index (κ3) is 3.59. The Bertz CT molecular complexity index is 404. The van der Waals surface area contributed by atoms with E-state index in [2.05, 4.69) is 37.6 Å².